The Labute approximate surface area is 141 Å². The number of carbonyl (C=O) groups excluding carboxylic acids is 1. The fraction of sp³-hybridized carbons (Fsp3) is 0.176. The van der Waals surface area contributed by atoms with Crippen molar-refractivity contribution in [3.8, 4) is 0 Å². The Bertz CT molecular complexity index is 758. The molecule has 2 aromatic carbocycles. The van der Waals surface area contributed by atoms with Crippen LogP contribution in [0.3, 0.4) is 0 Å². The van der Waals surface area contributed by atoms with Crippen molar-refractivity contribution < 1.29 is 27.2 Å². The highest BCUT2D eigenvalue weighted by atomic mass is 19.4. The molecule has 0 unspecified atom stereocenters. The molecule has 1 amide bonds. The molecule has 2 rings (SSSR count). The summed E-state index contributed by atoms with van der Waals surface area (Å²) in [5.74, 6) is -1.10. The van der Waals surface area contributed by atoms with Crippen LogP contribution in [0.1, 0.15) is 18.1 Å². The molecule has 0 saturated carbocycles. The number of anilines is 1. The first-order valence-electron chi connectivity index (χ1n) is 7.19. The van der Waals surface area contributed by atoms with Crippen molar-refractivity contribution in [3.05, 3.63) is 65.5 Å². The summed E-state index contributed by atoms with van der Waals surface area (Å²) >= 11 is 0. The number of hydrogen-bond donors (Lipinski definition) is 1. The van der Waals surface area contributed by atoms with Crippen LogP contribution < -0.4 is 5.32 Å². The van der Waals surface area contributed by atoms with Gasteiger partial charge in [-0.25, -0.2) is 4.39 Å². The third-order valence-corrected chi connectivity index (χ3v) is 3.16. The zero-order valence-corrected chi connectivity index (χ0v) is 13.0. The van der Waals surface area contributed by atoms with Gasteiger partial charge in [-0.15, -0.1) is 0 Å². The molecule has 132 valence electrons. The molecule has 0 aromatic heterocycles. The second kappa shape index (κ2) is 7.78. The van der Waals surface area contributed by atoms with Crippen molar-refractivity contribution in [3.63, 3.8) is 0 Å². The lowest BCUT2D eigenvalue weighted by Crippen LogP contribution is -2.26. The van der Waals surface area contributed by atoms with Crippen molar-refractivity contribution in [2.75, 3.05) is 5.32 Å². The van der Waals surface area contributed by atoms with Gasteiger partial charge in [-0.2, -0.15) is 13.2 Å². The number of alkyl halides is 3. The molecule has 0 saturated heterocycles. The SMILES string of the molecule is C[C@@H](O/N=C\c1ccccc1F)C(=O)Nc1ccc(C(F)(F)F)cc1. The van der Waals surface area contributed by atoms with Crippen LogP contribution in [0.5, 0.6) is 0 Å². The maximum Gasteiger partial charge on any atom is 0.416 e. The Kier molecular flexibility index (Phi) is 5.74. The molecule has 1 N–H and O–H groups in total. The Morgan fingerprint density at radius 2 is 1.80 bits per heavy atom. The van der Waals surface area contributed by atoms with Crippen molar-refractivity contribution >= 4 is 17.8 Å². The third-order valence-electron chi connectivity index (χ3n) is 3.16. The zero-order chi connectivity index (χ0) is 18.4. The highest BCUT2D eigenvalue weighted by Gasteiger charge is 2.30. The van der Waals surface area contributed by atoms with Crippen LogP contribution in [0.25, 0.3) is 0 Å². The third kappa shape index (κ3) is 5.30. The smallest absolute Gasteiger partial charge is 0.383 e. The molecule has 0 aliphatic rings. The van der Waals surface area contributed by atoms with E-state index in [-0.39, 0.29) is 11.3 Å². The van der Waals surface area contributed by atoms with E-state index in [0.717, 1.165) is 30.5 Å². The maximum atomic E-state index is 13.4. The Morgan fingerprint density at radius 3 is 2.40 bits per heavy atom. The maximum absolute atomic E-state index is 13.4. The van der Waals surface area contributed by atoms with Gasteiger partial charge in [-0.05, 0) is 37.3 Å². The van der Waals surface area contributed by atoms with E-state index >= 15 is 0 Å². The Hall–Kier alpha value is -2.90. The minimum Gasteiger partial charge on any atom is -0.383 e. The molecule has 0 heterocycles. The van der Waals surface area contributed by atoms with Gasteiger partial charge < -0.3 is 10.2 Å². The van der Waals surface area contributed by atoms with E-state index in [9.17, 15) is 22.4 Å². The van der Waals surface area contributed by atoms with E-state index in [4.69, 9.17) is 4.84 Å². The predicted molar refractivity (Wildman–Crippen MR) is 84.6 cm³/mol. The molecular weight excluding hydrogens is 340 g/mol. The quantitative estimate of drug-likeness (QED) is 0.496. The van der Waals surface area contributed by atoms with Gasteiger partial charge in [0.2, 0.25) is 6.10 Å². The molecule has 4 nitrogen and oxygen atoms in total. The number of rotatable bonds is 5. The van der Waals surface area contributed by atoms with Crippen LogP contribution in [0.15, 0.2) is 53.7 Å². The topological polar surface area (TPSA) is 50.7 Å². The van der Waals surface area contributed by atoms with Crippen LogP contribution in [0.2, 0.25) is 0 Å². The summed E-state index contributed by atoms with van der Waals surface area (Å²) in [5.41, 5.74) is -0.436. The fourth-order valence-corrected chi connectivity index (χ4v) is 1.79. The number of benzene rings is 2. The standard InChI is InChI=1S/C17H14F4N2O2/c1-11(25-22-10-12-4-2-3-5-15(12)18)16(24)23-14-8-6-13(7-9-14)17(19,20)21/h2-11H,1H3,(H,23,24)/b22-10-/t11-/m1/s1. The Balaban J connectivity index is 1.91. The second-order valence-corrected chi connectivity index (χ2v) is 5.07. The Morgan fingerprint density at radius 1 is 1.16 bits per heavy atom. The summed E-state index contributed by atoms with van der Waals surface area (Å²) in [5, 5.41) is 5.94. The normalized spacial score (nSPS) is 12.8. The van der Waals surface area contributed by atoms with Gasteiger partial charge in [0.05, 0.1) is 11.8 Å². The van der Waals surface area contributed by atoms with Crippen LogP contribution >= 0.6 is 0 Å². The summed E-state index contributed by atoms with van der Waals surface area (Å²) in [4.78, 5) is 16.8. The van der Waals surface area contributed by atoms with Gasteiger partial charge in [-0.3, -0.25) is 4.79 Å². The largest absolute Gasteiger partial charge is 0.416 e. The minimum atomic E-state index is -4.44. The zero-order valence-electron chi connectivity index (χ0n) is 13.0. The lowest BCUT2D eigenvalue weighted by Gasteiger charge is -2.11. The highest BCUT2D eigenvalue weighted by molar-refractivity contribution is 5.94. The number of nitrogens with zero attached hydrogens (tertiary/aromatic N) is 1. The second-order valence-electron chi connectivity index (χ2n) is 5.07. The molecule has 0 fully saturated rings. The predicted octanol–water partition coefficient (Wildman–Crippen LogP) is 4.22. The minimum absolute atomic E-state index is 0.187. The van der Waals surface area contributed by atoms with E-state index in [1.54, 1.807) is 6.07 Å². The molecule has 0 radical (unpaired) electrons. The molecule has 1 atom stereocenters. The van der Waals surface area contributed by atoms with Gasteiger partial charge in [0, 0.05) is 11.3 Å². The van der Waals surface area contributed by atoms with Crippen molar-refractivity contribution in [2.24, 2.45) is 5.16 Å². The monoisotopic (exact) mass is 354 g/mol. The number of oxime groups is 1. The van der Waals surface area contributed by atoms with Gasteiger partial charge in [0.1, 0.15) is 5.82 Å². The van der Waals surface area contributed by atoms with Gasteiger partial charge in [0.25, 0.3) is 5.91 Å². The number of nitrogens with one attached hydrogen (secondary N) is 1. The molecule has 0 bridgehead atoms. The van der Waals surface area contributed by atoms with Gasteiger partial charge in [0.15, 0.2) is 0 Å². The molecule has 8 heteroatoms. The molecule has 0 spiro atoms. The van der Waals surface area contributed by atoms with E-state index in [1.807, 2.05) is 0 Å². The van der Waals surface area contributed by atoms with Gasteiger partial charge >= 0.3 is 6.18 Å². The fourth-order valence-electron chi connectivity index (χ4n) is 1.79. The van der Waals surface area contributed by atoms with Crippen LogP contribution in [0, 0.1) is 5.82 Å². The lowest BCUT2D eigenvalue weighted by atomic mass is 10.2. The van der Waals surface area contributed by atoms with E-state index in [2.05, 4.69) is 10.5 Å². The first-order valence-corrected chi connectivity index (χ1v) is 7.19. The van der Waals surface area contributed by atoms with Crippen LogP contribution in [-0.2, 0) is 15.8 Å². The number of amides is 1. The van der Waals surface area contributed by atoms with Crippen LogP contribution in [0.4, 0.5) is 23.2 Å². The number of halogens is 4. The summed E-state index contributed by atoms with van der Waals surface area (Å²) in [6, 6.07) is 9.86. The summed E-state index contributed by atoms with van der Waals surface area (Å²) in [7, 11) is 0. The summed E-state index contributed by atoms with van der Waals surface area (Å²) < 4.78 is 50.8. The van der Waals surface area contributed by atoms with E-state index < -0.39 is 29.6 Å². The van der Waals surface area contributed by atoms with Gasteiger partial charge in [-0.1, -0.05) is 23.4 Å². The molecule has 0 aliphatic heterocycles. The van der Waals surface area contributed by atoms with Crippen molar-refractivity contribution in [2.45, 2.75) is 19.2 Å². The number of hydrogen-bond acceptors (Lipinski definition) is 3. The summed E-state index contributed by atoms with van der Waals surface area (Å²) in [6.07, 6.45) is -4.34. The average Bonchev–Trinajstić information content (AvgIpc) is 2.56. The summed E-state index contributed by atoms with van der Waals surface area (Å²) in [6.45, 7) is 1.40. The van der Waals surface area contributed by atoms with Crippen molar-refractivity contribution in [1.82, 2.24) is 0 Å². The highest BCUT2D eigenvalue weighted by Crippen LogP contribution is 2.29. The number of carbonyl (C=O) groups is 1. The molecule has 0 aliphatic carbocycles. The molecule has 25 heavy (non-hydrogen) atoms. The van der Waals surface area contributed by atoms with Crippen LogP contribution in [-0.4, -0.2) is 18.2 Å². The van der Waals surface area contributed by atoms with E-state index in [0.29, 0.717) is 0 Å². The van der Waals surface area contributed by atoms with E-state index in [1.165, 1.54) is 25.1 Å². The first-order chi connectivity index (χ1) is 11.8. The molecular formula is C17H14F4N2O2. The lowest BCUT2D eigenvalue weighted by molar-refractivity contribution is -0.137. The first kappa shape index (κ1) is 18.4. The molecule has 2 aromatic rings. The van der Waals surface area contributed by atoms with Crippen molar-refractivity contribution in [1.29, 1.82) is 0 Å². The average molecular weight is 354 g/mol.